The summed E-state index contributed by atoms with van der Waals surface area (Å²) in [5.41, 5.74) is 1.29. The summed E-state index contributed by atoms with van der Waals surface area (Å²) in [6.07, 6.45) is 6.95. The summed E-state index contributed by atoms with van der Waals surface area (Å²) in [4.78, 5) is 20.4. The number of Topliss-reactive ketones (excluding diaryl/α,β-unsaturated/α-hetero) is 1. The van der Waals surface area contributed by atoms with Crippen molar-refractivity contribution in [1.82, 2.24) is 9.97 Å². The predicted molar refractivity (Wildman–Crippen MR) is 79.6 cm³/mol. The van der Waals surface area contributed by atoms with E-state index in [0.717, 1.165) is 21.9 Å². The minimum absolute atomic E-state index is 0.142. The number of nitrogens with zero attached hydrogens (tertiary/aromatic N) is 2. The Hall–Kier alpha value is -1.77. The maximum absolute atomic E-state index is 12.1. The fraction of sp³-hybridized carbons (Fsp3) is 0.438. The van der Waals surface area contributed by atoms with Crippen molar-refractivity contribution in [3.05, 3.63) is 35.9 Å². The van der Waals surface area contributed by atoms with Gasteiger partial charge in [-0.3, -0.25) is 14.8 Å². The third-order valence-electron chi connectivity index (χ3n) is 3.15. The van der Waals surface area contributed by atoms with Gasteiger partial charge in [-0.1, -0.05) is 27.7 Å². The van der Waals surface area contributed by atoms with Gasteiger partial charge >= 0.3 is 0 Å². The molecule has 102 valence electrons. The van der Waals surface area contributed by atoms with Crippen LogP contribution >= 0.6 is 0 Å². The van der Waals surface area contributed by atoms with Gasteiger partial charge in [0.15, 0.2) is 5.78 Å². The quantitative estimate of drug-likeness (QED) is 0.712. The average molecular weight is 258 g/mol. The third kappa shape index (κ3) is 2.25. The Morgan fingerprint density at radius 2 is 1.42 bits per heavy atom. The lowest BCUT2D eigenvalue weighted by atomic mass is 9.85. The highest BCUT2D eigenvalue weighted by atomic mass is 16.1. The first-order chi connectivity index (χ1) is 9.12. The zero-order chi connectivity index (χ0) is 14.6. The van der Waals surface area contributed by atoms with E-state index in [1.54, 1.807) is 24.8 Å². The first kappa shape index (κ1) is 15.3. The highest BCUT2D eigenvalue weighted by Gasteiger charge is 2.39. The topological polar surface area (TPSA) is 42.9 Å². The second-order valence-corrected chi connectivity index (χ2v) is 4.43. The van der Waals surface area contributed by atoms with Gasteiger partial charge in [0.25, 0.3) is 0 Å². The molecule has 3 heteroatoms. The lowest BCUT2D eigenvalue weighted by Gasteiger charge is -2.16. The van der Waals surface area contributed by atoms with Crippen molar-refractivity contribution in [2.45, 2.75) is 47.0 Å². The van der Waals surface area contributed by atoms with Crippen LogP contribution in [-0.4, -0.2) is 15.8 Å². The molecular weight excluding hydrogens is 236 g/mol. The number of hydrogen-bond acceptors (Lipinski definition) is 3. The van der Waals surface area contributed by atoms with Gasteiger partial charge in [0.2, 0.25) is 0 Å². The van der Waals surface area contributed by atoms with Crippen molar-refractivity contribution < 1.29 is 4.79 Å². The molecule has 0 aliphatic heterocycles. The van der Waals surface area contributed by atoms with Gasteiger partial charge in [-0.15, -0.1) is 0 Å². The van der Waals surface area contributed by atoms with Crippen LogP contribution in [0, 0.1) is 0 Å². The van der Waals surface area contributed by atoms with Crippen molar-refractivity contribution in [1.29, 1.82) is 0 Å². The highest BCUT2D eigenvalue weighted by Crippen LogP contribution is 2.40. The van der Waals surface area contributed by atoms with Crippen LogP contribution in [0.5, 0.6) is 0 Å². The first-order valence-corrected chi connectivity index (χ1v) is 6.89. The molecule has 0 N–H and O–H groups in total. The van der Waals surface area contributed by atoms with Crippen LogP contribution in [-0.2, 0) is 5.41 Å². The van der Waals surface area contributed by atoms with Gasteiger partial charge in [-0.2, -0.15) is 0 Å². The molecule has 3 rings (SSSR count). The standard InChI is InChI=1S/C12H10N2O.2C2H6/c1-12(2)9-6-14-4-7-3-13-5-8(10(7)9)11(12)15;2*1-2/h3-6H,1-2H3;2*1-2H3. The molecule has 0 atom stereocenters. The molecule has 0 unspecified atom stereocenters. The molecule has 2 heterocycles. The van der Waals surface area contributed by atoms with E-state index < -0.39 is 5.41 Å². The predicted octanol–water partition coefficient (Wildman–Crippen LogP) is 4.16. The van der Waals surface area contributed by atoms with E-state index in [4.69, 9.17) is 0 Å². The van der Waals surface area contributed by atoms with Crippen molar-refractivity contribution in [2.24, 2.45) is 0 Å². The van der Waals surface area contributed by atoms with Gasteiger partial charge < -0.3 is 0 Å². The molecule has 0 amide bonds. The third-order valence-corrected chi connectivity index (χ3v) is 3.15. The zero-order valence-electron chi connectivity index (χ0n) is 12.6. The summed E-state index contributed by atoms with van der Waals surface area (Å²) in [5, 5.41) is 1.97. The van der Waals surface area contributed by atoms with Crippen LogP contribution in [0.2, 0.25) is 0 Å². The van der Waals surface area contributed by atoms with Crippen LogP contribution in [0.3, 0.4) is 0 Å². The Morgan fingerprint density at radius 1 is 0.895 bits per heavy atom. The summed E-state index contributed by atoms with van der Waals surface area (Å²) in [6, 6.07) is 0. The molecule has 0 radical (unpaired) electrons. The Labute approximate surface area is 115 Å². The molecule has 0 aromatic carbocycles. The largest absolute Gasteiger partial charge is 0.293 e. The van der Waals surface area contributed by atoms with Crippen LogP contribution in [0.4, 0.5) is 0 Å². The number of carbonyl (C=O) groups excluding carboxylic acids is 1. The minimum atomic E-state index is -0.460. The summed E-state index contributed by atoms with van der Waals surface area (Å²) in [7, 11) is 0. The van der Waals surface area contributed by atoms with Gasteiger partial charge in [-0.25, -0.2) is 0 Å². The molecular formula is C16H22N2O. The minimum Gasteiger partial charge on any atom is -0.293 e. The second-order valence-electron chi connectivity index (χ2n) is 4.43. The number of carbonyl (C=O) groups is 1. The van der Waals surface area contributed by atoms with E-state index in [1.165, 1.54) is 0 Å². The summed E-state index contributed by atoms with van der Waals surface area (Å²) < 4.78 is 0. The average Bonchev–Trinajstić information content (AvgIpc) is 2.67. The van der Waals surface area contributed by atoms with Crippen molar-refractivity contribution in [2.75, 3.05) is 0 Å². The maximum Gasteiger partial charge on any atom is 0.175 e. The maximum atomic E-state index is 12.1. The summed E-state index contributed by atoms with van der Waals surface area (Å²) in [5.74, 6) is 0.142. The smallest absolute Gasteiger partial charge is 0.175 e. The van der Waals surface area contributed by atoms with E-state index in [1.807, 2.05) is 41.5 Å². The summed E-state index contributed by atoms with van der Waals surface area (Å²) >= 11 is 0. The molecule has 1 aliphatic carbocycles. The molecule has 3 nitrogen and oxygen atoms in total. The lowest BCUT2D eigenvalue weighted by molar-refractivity contribution is 0.0919. The van der Waals surface area contributed by atoms with Crippen LogP contribution in [0.15, 0.2) is 24.8 Å². The van der Waals surface area contributed by atoms with Crippen molar-refractivity contribution in [3.63, 3.8) is 0 Å². The molecule has 0 spiro atoms. The van der Waals surface area contributed by atoms with E-state index in [2.05, 4.69) is 9.97 Å². The van der Waals surface area contributed by atoms with E-state index in [-0.39, 0.29) is 5.78 Å². The van der Waals surface area contributed by atoms with Gasteiger partial charge in [-0.05, 0) is 19.4 Å². The van der Waals surface area contributed by atoms with Gasteiger partial charge in [0.1, 0.15) is 0 Å². The van der Waals surface area contributed by atoms with E-state index in [0.29, 0.717) is 0 Å². The van der Waals surface area contributed by atoms with Crippen molar-refractivity contribution in [3.8, 4) is 0 Å². The number of hydrogen-bond donors (Lipinski definition) is 0. The van der Waals surface area contributed by atoms with Crippen molar-refractivity contribution >= 4 is 16.6 Å². The van der Waals surface area contributed by atoms with Crippen LogP contribution in [0.1, 0.15) is 57.5 Å². The monoisotopic (exact) mass is 258 g/mol. The van der Waals surface area contributed by atoms with E-state index in [9.17, 15) is 4.79 Å². The molecule has 2 aromatic heterocycles. The number of rotatable bonds is 0. The Bertz CT molecular complexity index is 583. The fourth-order valence-corrected chi connectivity index (χ4v) is 2.24. The van der Waals surface area contributed by atoms with E-state index >= 15 is 0 Å². The van der Waals surface area contributed by atoms with Crippen LogP contribution in [0.25, 0.3) is 10.8 Å². The zero-order valence-corrected chi connectivity index (χ0v) is 12.6. The summed E-state index contributed by atoms with van der Waals surface area (Å²) in [6.45, 7) is 11.9. The number of aromatic nitrogens is 2. The first-order valence-electron chi connectivity index (χ1n) is 6.89. The Balaban J connectivity index is 0.000000415. The lowest BCUT2D eigenvalue weighted by Crippen LogP contribution is -2.23. The Kier molecular flexibility index (Phi) is 4.76. The SMILES string of the molecule is CC.CC.CC1(C)C(=O)c2cncc3cncc1c23. The highest BCUT2D eigenvalue weighted by molar-refractivity contribution is 6.19. The molecule has 1 aliphatic rings. The second kappa shape index (κ2) is 5.91. The molecule has 2 aromatic rings. The number of ketones is 1. The fourth-order valence-electron chi connectivity index (χ4n) is 2.24. The molecule has 19 heavy (non-hydrogen) atoms. The van der Waals surface area contributed by atoms with Gasteiger partial charge in [0, 0.05) is 41.1 Å². The molecule has 0 fully saturated rings. The molecule has 0 bridgehead atoms. The molecule has 0 saturated heterocycles. The molecule has 0 saturated carbocycles. The normalized spacial score (nSPS) is 14.3. The number of pyridine rings is 2. The Morgan fingerprint density at radius 3 is 2.00 bits per heavy atom. The van der Waals surface area contributed by atoms with Crippen LogP contribution < -0.4 is 0 Å². The van der Waals surface area contributed by atoms with Gasteiger partial charge in [0.05, 0.1) is 5.41 Å².